The molecule has 2 aromatic carbocycles. The number of hydrogen-bond donors (Lipinski definition) is 1. The van der Waals surface area contributed by atoms with Gasteiger partial charge in [0.1, 0.15) is 12.4 Å². The molecule has 4 nitrogen and oxygen atoms in total. The summed E-state index contributed by atoms with van der Waals surface area (Å²) in [4.78, 5) is 11.8. The highest BCUT2D eigenvalue weighted by atomic mass is 35.5. The maximum atomic E-state index is 11.8. The van der Waals surface area contributed by atoms with Crippen LogP contribution in [0.2, 0.25) is 5.02 Å². The number of halogens is 1. The van der Waals surface area contributed by atoms with Crippen LogP contribution in [-0.4, -0.2) is 16.7 Å². The van der Waals surface area contributed by atoms with E-state index in [1.807, 2.05) is 13.0 Å². The van der Waals surface area contributed by atoms with Crippen LogP contribution in [0.25, 0.3) is 0 Å². The van der Waals surface area contributed by atoms with Gasteiger partial charge in [0.2, 0.25) is 0 Å². The molecule has 0 unspecified atom stereocenters. The van der Waals surface area contributed by atoms with E-state index in [1.54, 1.807) is 24.5 Å². The Morgan fingerprint density at radius 1 is 1.28 bits per heavy atom. The Kier molecular flexibility index (Phi) is 6.76. The van der Waals surface area contributed by atoms with E-state index in [-0.39, 0.29) is 6.61 Å². The zero-order valence-corrected chi connectivity index (χ0v) is 16.4. The lowest BCUT2D eigenvalue weighted by molar-refractivity contribution is 0.223. The highest BCUT2D eigenvalue weighted by Crippen LogP contribution is 2.31. The average molecular weight is 380 g/mol. The summed E-state index contributed by atoms with van der Waals surface area (Å²) in [5.74, 6) is 0.765. The maximum Gasteiger partial charge on any atom is 0.309 e. The normalized spacial score (nSPS) is 10.6. The number of anilines is 1. The number of amides is 1. The summed E-state index contributed by atoms with van der Waals surface area (Å²) in [6.45, 7) is 6.33. The molecule has 0 saturated carbocycles. The van der Waals surface area contributed by atoms with Crippen molar-refractivity contribution in [3.63, 3.8) is 0 Å². The minimum absolute atomic E-state index is 0.152. The number of nitrogens with zero attached hydrogens (tertiary/aromatic N) is 1. The molecule has 0 fully saturated rings. The highest BCUT2D eigenvalue weighted by Gasteiger charge is 2.18. The molecule has 0 spiro atoms. The molecule has 0 saturated heterocycles. The molecule has 1 N–H and O–H groups in total. The molecule has 0 atom stereocenters. The number of carbonyl (C=O) groups excluding carboxylic acids is 1. The van der Waals surface area contributed by atoms with E-state index in [0.717, 1.165) is 29.5 Å². The minimum atomic E-state index is -0.483. The van der Waals surface area contributed by atoms with Crippen LogP contribution in [0.1, 0.15) is 29.2 Å². The first-order valence-corrected chi connectivity index (χ1v) is 9.56. The van der Waals surface area contributed by atoms with Crippen molar-refractivity contribution in [3.8, 4) is 5.75 Å². The molecule has 1 amide bonds. The standard InChI is InChI=1S/C19H22ClNO3S/c1-5-14-9-13(3)18(10-12(14)2)24-11-15-16(20)7-6-8-17(15)21(23)19(22)25-4/h6-10,23H,5,11H2,1-4H3. The topological polar surface area (TPSA) is 49.8 Å². The Morgan fingerprint density at radius 2 is 2.00 bits per heavy atom. The van der Waals surface area contributed by atoms with Crippen LogP contribution >= 0.6 is 23.4 Å². The van der Waals surface area contributed by atoms with Crippen molar-refractivity contribution in [3.05, 3.63) is 57.6 Å². The van der Waals surface area contributed by atoms with Gasteiger partial charge in [-0.25, -0.2) is 0 Å². The molecule has 0 aliphatic heterocycles. The van der Waals surface area contributed by atoms with Gasteiger partial charge in [0.25, 0.3) is 0 Å². The average Bonchev–Trinajstić information content (AvgIpc) is 2.61. The lowest BCUT2D eigenvalue weighted by Crippen LogP contribution is -2.24. The lowest BCUT2D eigenvalue weighted by Gasteiger charge is -2.19. The third-order valence-corrected chi connectivity index (χ3v) is 4.93. The summed E-state index contributed by atoms with van der Waals surface area (Å²) < 4.78 is 5.95. The van der Waals surface area contributed by atoms with Gasteiger partial charge in [-0.3, -0.25) is 10.0 Å². The van der Waals surface area contributed by atoms with E-state index < -0.39 is 5.24 Å². The van der Waals surface area contributed by atoms with Gasteiger partial charge >= 0.3 is 5.24 Å². The van der Waals surface area contributed by atoms with E-state index in [4.69, 9.17) is 16.3 Å². The summed E-state index contributed by atoms with van der Waals surface area (Å²) in [6.07, 6.45) is 2.57. The van der Waals surface area contributed by atoms with Gasteiger partial charge in [-0.2, -0.15) is 5.06 Å². The van der Waals surface area contributed by atoms with Crippen LogP contribution in [0, 0.1) is 13.8 Å². The smallest absolute Gasteiger partial charge is 0.309 e. The van der Waals surface area contributed by atoms with Crippen LogP contribution < -0.4 is 9.80 Å². The van der Waals surface area contributed by atoms with Gasteiger partial charge in [0.05, 0.1) is 5.69 Å². The zero-order chi connectivity index (χ0) is 18.6. The van der Waals surface area contributed by atoms with E-state index in [9.17, 15) is 10.0 Å². The second-order valence-corrected chi connectivity index (χ2v) is 6.87. The predicted molar refractivity (Wildman–Crippen MR) is 104 cm³/mol. The quantitative estimate of drug-likeness (QED) is 0.528. The number of carbonyl (C=O) groups is 1. The van der Waals surface area contributed by atoms with Crippen molar-refractivity contribution >= 4 is 34.3 Å². The number of ether oxygens (including phenoxy) is 1. The first-order chi connectivity index (χ1) is 11.9. The number of aryl methyl sites for hydroxylation is 3. The number of hydrogen-bond acceptors (Lipinski definition) is 4. The summed E-state index contributed by atoms with van der Waals surface area (Å²) in [5.41, 5.74) is 4.38. The maximum absolute atomic E-state index is 11.8. The molecule has 0 bridgehead atoms. The van der Waals surface area contributed by atoms with Crippen molar-refractivity contribution in [2.45, 2.75) is 33.8 Å². The molecule has 25 heavy (non-hydrogen) atoms. The first-order valence-electron chi connectivity index (χ1n) is 7.96. The molecular formula is C19H22ClNO3S. The summed E-state index contributed by atoms with van der Waals surface area (Å²) in [6, 6.07) is 9.15. The summed E-state index contributed by atoms with van der Waals surface area (Å²) >= 11 is 7.19. The summed E-state index contributed by atoms with van der Waals surface area (Å²) in [5, 5.41) is 10.7. The first kappa shape index (κ1) is 19.6. The number of benzene rings is 2. The summed E-state index contributed by atoms with van der Waals surface area (Å²) in [7, 11) is 0. The fourth-order valence-corrected chi connectivity index (χ4v) is 3.10. The Balaban J connectivity index is 2.30. The number of thioether (sulfide) groups is 1. The molecule has 0 aliphatic carbocycles. The Bertz CT molecular complexity index is 780. The van der Waals surface area contributed by atoms with Crippen molar-refractivity contribution < 1.29 is 14.7 Å². The van der Waals surface area contributed by atoms with Gasteiger partial charge in [-0.15, -0.1) is 0 Å². The second-order valence-electron chi connectivity index (χ2n) is 5.71. The van der Waals surface area contributed by atoms with E-state index in [2.05, 4.69) is 19.9 Å². The van der Waals surface area contributed by atoms with Crippen molar-refractivity contribution in [2.24, 2.45) is 0 Å². The molecule has 0 heterocycles. The van der Waals surface area contributed by atoms with E-state index >= 15 is 0 Å². The fourth-order valence-electron chi connectivity index (χ4n) is 2.61. The van der Waals surface area contributed by atoms with Crippen LogP contribution in [0.5, 0.6) is 5.75 Å². The molecule has 0 aliphatic rings. The predicted octanol–water partition coefficient (Wildman–Crippen LogP) is 5.78. The second kappa shape index (κ2) is 8.61. The monoisotopic (exact) mass is 379 g/mol. The fraction of sp³-hybridized carbons (Fsp3) is 0.316. The third-order valence-electron chi connectivity index (χ3n) is 4.06. The van der Waals surface area contributed by atoms with Crippen molar-refractivity contribution in [1.29, 1.82) is 0 Å². The number of rotatable bonds is 5. The molecule has 134 valence electrons. The third kappa shape index (κ3) is 4.48. The van der Waals surface area contributed by atoms with Gasteiger partial charge in [-0.1, -0.05) is 42.4 Å². The highest BCUT2D eigenvalue weighted by molar-refractivity contribution is 8.13. The van der Waals surface area contributed by atoms with Crippen LogP contribution in [0.15, 0.2) is 30.3 Å². The largest absolute Gasteiger partial charge is 0.488 e. The molecule has 6 heteroatoms. The molecule has 2 rings (SSSR count). The van der Waals surface area contributed by atoms with Crippen LogP contribution in [0.3, 0.4) is 0 Å². The molecule has 0 radical (unpaired) electrons. The Hall–Kier alpha value is -1.69. The molecular weight excluding hydrogens is 358 g/mol. The van der Waals surface area contributed by atoms with Crippen molar-refractivity contribution in [2.75, 3.05) is 11.3 Å². The zero-order valence-electron chi connectivity index (χ0n) is 14.8. The van der Waals surface area contributed by atoms with Crippen LogP contribution in [0.4, 0.5) is 10.5 Å². The Labute approximate surface area is 157 Å². The van der Waals surface area contributed by atoms with Gasteiger partial charge in [0, 0.05) is 10.6 Å². The minimum Gasteiger partial charge on any atom is -0.488 e. The van der Waals surface area contributed by atoms with Crippen molar-refractivity contribution in [1.82, 2.24) is 0 Å². The number of hydroxylamine groups is 1. The SMILES string of the molecule is CCc1cc(C)c(OCc2c(Cl)cccc2N(O)C(=O)SC)cc1C. The van der Waals surface area contributed by atoms with Gasteiger partial charge < -0.3 is 4.74 Å². The van der Waals surface area contributed by atoms with Crippen LogP contribution in [-0.2, 0) is 13.0 Å². The van der Waals surface area contributed by atoms with E-state index in [1.165, 1.54) is 11.1 Å². The van der Waals surface area contributed by atoms with Gasteiger partial charge in [-0.05, 0) is 61.4 Å². The van der Waals surface area contributed by atoms with E-state index in [0.29, 0.717) is 21.3 Å². The molecule has 2 aromatic rings. The molecule has 0 aromatic heterocycles. The van der Waals surface area contributed by atoms with Gasteiger partial charge in [0.15, 0.2) is 0 Å². The Morgan fingerprint density at radius 3 is 2.64 bits per heavy atom. The lowest BCUT2D eigenvalue weighted by atomic mass is 10.0.